The Morgan fingerprint density at radius 1 is 1.06 bits per heavy atom. The van der Waals surface area contributed by atoms with Gasteiger partial charge in [-0.15, -0.1) is 0 Å². The minimum Gasteiger partial charge on any atom is -0.492 e. The number of halogens is 1. The van der Waals surface area contributed by atoms with Crippen LogP contribution in [-0.4, -0.2) is 58.2 Å². The second kappa shape index (κ2) is 10.4. The van der Waals surface area contributed by atoms with E-state index in [1.165, 1.54) is 16.4 Å². The number of ether oxygens (including phenoxy) is 2. The van der Waals surface area contributed by atoms with Gasteiger partial charge in [0.15, 0.2) is 0 Å². The van der Waals surface area contributed by atoms with Crippen molar-refractivity contribution in [1.29, 1.82) is 0 Å². The molecule has 8 nitrogen and oxygen atoms in total. The molecule has 3 rings (SSSR count). The van der Waals surface area contributed by atoms with Gasteiger partial charge < -0.3 is 14.4 Å². The van der Waals surface area contributed by atoms with E-state index in [-0.39, 0.29) is 17.2 Å². The summed E-state index contributed by atoms with van der Waals surface area (Å²) in [5, 5.41) is 3.21. The van der Waals surface area contributed by atoms with Gasteiger partial charge >= 0.3 is 6.09 Å². The second-order valence-electron chi connectivity index (χ2n) is 7.26. The summed E-state index contributed by atoms with van der Waals surface area (Å²) in [6.45, 7) is 7.83. The predicted molar refractivity (Wildman–Crippen MR) is 125 cm³/mol. The Labute approximate surface area is 194 Å². The van der Waals surface area contributed by atoms with Crippen LogP contribution in [0.4, 0.5) is 16.2 Å². The number of piperazine rings is 1. The lowest BCUT2D eigenvalue weighted by Gasteiger charge is -2.36. The highest BCUT2D eigenvalue weighted by atomic mass is 35.5. The quantitative estimate of drug-likeness (QED) is 0.639. The molecule has 0 unspecified atom stereocenters. The van der Waals surface area contributed by atoms with Crippen LogP contribution in [0.1, 0.15) is 19.4 Å². The van der Waals surface area contributed by atoms with E-state index in [0.717, 1.165) is 11.3 Å². The standard InChI is InChI=1S/C22H28ClN3O5S/c1-4-30-21-9-8-18(15-19(21)24-22(27)31-5-2)32(28,29)26-12-10-25(11-13-26)20-14-17(23)7-6-16(20)3/h6-9,14-15H,4-5,10-13H2,1-3H3,(H,24,27). The van der Waals surface area contributed by atoms with Gasteiger partial charge in [0.2, 0.25) is 10.0 Å². The van der Waals surface area contributed by atoms with E-state index in [2.05, 4.69) is 10.2 Å². The summed E-state index contributed by atoms with van der Waals surface area (Å²) in [7, 11) is -3.76. The Hall–Kier alpha value is -2.49. The minimum atomic E-state index is -3.76. The van der Waals surface area contributed by atoms with E-state index in [4.69, 9.17) is 21.1 Å². The summed E-state index contributed by atoms with van der Waals surface area (Å²) in [6, 6.07) is 10.1. The molecule has 2 aromatic carbocycles. The second-order valence-corrected chi connectivity index (χ2v) is 9.63. The Balaban J connectivity index is 1.79. The first-order valence-corrected chi connectivity index (χ1v) is 12.3. The lowest BCUT2D eigenvalue weighted by atomic mass is 10.1. The first kappa shape index (κ1) is 24.2. The van der Waals surface area contributed by atoms with E-state index < -0.39 is 16.1 Å². The van der Waals surface area contributed by atoms with Gasteiger partial charge in [-0.3, -0.25) is 5.32 Å². The van der Waals surface area contributed by atoms with Crippen molar-refractivity contribution >= 4 is 39.1 Å². The number of carbonyl (C=O) groups excluding carboxylic acids is 1. The van der Waals surface area contributed by atoms with Crippen LogP contribution in [-0.2, 0) is 14.8 Å². The highest BCUT2D eigenvalue weighted by molar-refractivity contribution is 7.89. The van der Waals surface area contributed by atoms with Gasteiger partial charge in [-0.05, 0) is 56.7 Å². The van der Waals surface area contributed by atoms with E-state index >= 15 is 0 Å². The molecule has 2 aromatic rings. The molecule has 1 fully saturated rings. The van der Waals surface area contributed by atoms with Crippen LogP contribution in [0, 0.1) is 6.92 Å². The van der Waals surface area contributed by atoms with Crippen molar-refractivity contribution < 1.29 is 22.7 Å². The summed E-state index contributed by atoms with van der Waals surface area (Å²) in [5.74, 6) is 0.376. The lowest BCUT2D eigenvalue weighted by molar-refractivity contribution is 0.167. The fourth-order valence-corrected chi connectivity index (χ4v) is 5.18. The molecular formula is C22H28ClN3O5S. The molecule has 174 valence electrons. The fraction of sp³-hybridized carbons (Fsp3) is 0.409. The van der Waals surface area contributed by atoms with Crippen molar-refractivity contribution in [2.24, 2.45) is 0 Å². The number of hydrogen-bond acceptors (Lipinski definition) is 6. The van der Waals surface area contributed by atoms with Crippen LogP contribution in [0.25, 0.3) is 0 Å². The van der Waals surface area contributed by atoms with Crippen molar-refractivity contribution in [1.82, 2.24) is 4.31 Å². The molecule has 32 heavy (non-hydrogen) atoms. The Kier molecular flexibility index (Phi) is 7.86. The van der Waals surface area contributed by atoms with Crippen LogP contribution in [0.5, 0.6) is 5.75 Å². The minimum absolute atomic E-state index is 0.0835. The number of sulfonamides is 1. The zero-order valence-corrected chi connectivity index (χ0v) is 20.0. The number of benzene rings is 2. The third-order valence-electron chi connectivity index (χ3n) is 5.15. The molecule has 1 aliphatic heterocycles. The van der Waals surface area contributed by atoms with Gasteiger partial charge in [-0.2, -0.15) is 4.31 Å². The third-order valence-corrected chi connectivity index (χ3v) is 7.28. The number of hydrogen-bond donors (Lipinski definition) is 1. The molecular weight excluding hydrogens is 454 g/mol. The maximum atomic E-state index is 13.3. The molecule has 0 atom stereocenters. The number of aryl methyl sites for hydroxylation is 1. The van der Waals surface area contributed by atoms with Crippen LogP contribution >= 0.6 is 11.6 Å². The fourth-order valence-electron chi connectivity index (χ4n) is 3.57. The Morgan fingerprint density at radius 2 is 1.78 bits per heavy atom. The molecule has 1 saturated heterocycles. The Bertz CT molecular complexity index is 1070. The highest BCUT2D eigenvalue weighted by Gasteiger charge is 2.30. The summed E-state index contributed by atoms with van der Waals surface area (Å²) < 4.78 is 38.5. The largest absolute Gasteiger partial charge is 0.492 e. The molecule has 0 aromatic heterocycles. The summed E-state index contributed by atoms with van der Waals surface area (Å²) in [5.41, 5.74) is 2.35. The monoisotopic (exact) mass is 481 g/mol. The lowest BCUT2D eigenvalue weighted by Crippen LogP contribution is -2.48. The van der Waals surface area contributed by atoms with Crippen molar-refractivity contribution in [3.05, 3.63) is 47.0 Å². The zero-order valence-electron chi connectivity index (χ0n) is 18.4. The normalized spacial score (nSPS) is 14.8. The van der Waals surface area contributed by atoms with E-state index in [0.29, 0.717) is 43.6 Å². The number of anilines is 2. The van der Waals surface area contributed by atoms with Gasteiger partial charge in [-0.25, -0.2) is 13.2 Å². The van der Waals surface area contributed by atoms with Crippen molar-refractivity contribution in [3.63, 3.8) is 0 Å². The van der Waals surface area contributed by atoms with Crippen LogP contribution in [0.15, 0.2) is 41.3 Å². The van der Waals surface area contributed by atoms with E-state index in [1.54, 1.807) is 19.9 Å². The van der Waals surface area contributed by atoms with Gasteiger partial charge in [-0.1, -0.05) is 17.7 Å². The number of rotatable bonds is 7. The first-order valence-electron chi connectivity index (χ1n) is 10.5. The molecule has 0 aliphatic carbocycles. The van der Waals surface area contributed by atoms with Crippen LogP contribution < -0.4 is 15.0 Å². The van der Waals surface area contributed by atoms with Crippen molar-refractivity contribution in [2.75, 3.05) is 49.6 Å². The van der Waals surface area contributed by atoms with Crippen LogP contribution in [0.2, 0.25) is 5.02 Å². The summed E-state index contributed by atoms with van der Waals surface area (Å²) in [6.07, 6.45) is -0.673. The average molecular weight is 482 g/mol. The molecule has 0 bridgehead atoms. The molecule has 1 aliphatic rings. The number of nitrogens with zero attached hydrogens (tertiary/aromatic N) is 2. The van der Waals surface area contributed by atoms with Gasteiger partial charge in [0.1, 0.15) is 5.75 Å². The smallest absolute Gasteiger partial charge is 0.411 e. The average Bonchev–Trinajstić information content (AvgIpc) is 2.77. The topological polar surface area (TPSA) is 88.2 Å². The predicted octanol–water partition coefficient (Wildman–Crippen LogP) is 4.13. The molecule has 0 saturated carbocycles. The molecule has 0 spiro atoms. The number of amides is 1. The molecule has 1 N–H and O–H groups in total. The maximum Gasteiger partial charge on any atom is 0.411 e. The summed E-state index contributed by atoms with van der Waals surface area (Å²) >= 11 is 6.14. The number of nitrogens with one attached hydrogen (secondary N) is 1. The number of carbonyl (C=O) groups is 1. The maximum absolute atomic E-state index is 13.3. The van der Waals surface area contributed by atoms with Gasteiger partial charge in [0.25, 0.3) is 0 Å². The Morgan fingerprint density at radius 3 is 2.44 bits per heavy atom. The SMILES string of the molecule is CCOC(=O)Nc1cc(S(=O)(=O)N2CCN(c3cc(Cl)ccc3C)CC2)ccc1OCC. The molecule has 1 heterocycles. The van der Waals surface area contributed by atoms with E-state index in [9.17, 15) is 13.2 Å². The van der Waals surface area contributed by atoms with Crippen LogP contribution in [0.3, 0.4) is 0 Å². The zero-order chi connectivity index (χ0) is 23.3. The molecule has 1 amide bonds. The van der Waals surface area contributed by atoms with Crippen molar-refractivity contribution in [3.8, 4) is 5.75 Å². The summed E-state index contributed by atoms with van der Waals surface area (Å²) in [4.78, 5) is 14.1. The first-order chi connectivity index (χ1) is 15.3. The molecule has 10 heteroatoms. The van der Waals surface area contributed by atoms with E-state index in [1.807, 2.05) is 25.1 Å². The van der Waals surface area contributed by atoms with Crippen molar-refractivity contribution in [2.45, 2.75) is 25.7 Å². The molecule has 0 radical (unpaired) electrons. The van der Waals surface area contributed by atoms with Gasteiger partial charge in [0.05, 0.1) is 23.8 Å². The highest BCUT2D eigenvalue weighted by Crippen LogP contribution is 2.31. The third kappa shape index (κ3) is 5.46. The van der Waals surface area contributed by atoms with Gasteiger partial charge in [0, 0.05) is 36.9 Å².